The highest BCUT2D eigenvalue weighted by Crippen LogP contribution is 2.27. The molecule has 1 heterocycles. The summed E-state index contributed by atoms with van der Waals surface area (Å²) >= 11 is 0. The Morgan fingerprint density at radius 3 is 2.09 bits per heavy atom. The molecule has 0 aromatic heterocycles. The third-order valence-electron chi connectivity index (χ3n) is 5.83. The van der Waals surface area contributed by atoms with Gasteiger partial charge in [-0.2, -0.15) is 4.31 Å². The van der Waals surface area contributed by atoms with Crippen LogP contribution in [0.3, 0.4) is 0 Å². The van der Waals surface area contributed by atoms with Crippen LogP contribution in [0.1, 0.15) is 33.8 Å². The number of carbonyl (C=O) groups excluding carboxylic acids is 1. The van der Waals surface area contributed by atoms with Gasteiger partial charge >= 0.3 is 0 Å². The Morgan fingerprint density at radius 2 is 1.48 bits per heavy atom. The first kappa shape index (κ1) is 23.2. The summed E-state index contributed by atoms with van der Waals surface area (Å²) < 4.78 is 32.5. The Labute approximate surface area is 195 Å². The van der Waals surface area contributed by atoms with Crippen LogP contribution in [0.5, 0.6) is 0 Å². The summed E-state index contributed by atoms with van der Waals surface area (Å²) in [6.07, 6.45) is 0.728. The Balaban J connectivity index is 1.44. The topological polar surface area (TPSA) is 75.7 Å². The average Bonchev–Trinajstić information content (AvgIpc) is 2.88. The van der Waals surface area contributed by atoms with Crippen LogP contribution in [0.4, 0.5) is 0 Å². The van der Waals surface area contributed by atoms with E-state index in [9.17, 15) is 13.2 Å². The molecule has 172 valence electrons. The van der Waals surface area contributed by atoms with Gasteiger partial charge in [-0.05, 0) is 35.7 Å². The Bertz CT molecular complexity index is 1120. The maximum Gasteiger partial charge on any atom is 0.251 e. The molecule has 0 aliphatic carbocycles. The van der Waals surface area contributed by atoms with E-state index in [-0.39, 0.29) is 16.7 Å². The van der Waals surface area contributed by atoms with Crippen molar-refractivity contribution in [3.63, 3.8) is 0 Å². The van der Waals surface area contributed by atoms with Crippen LogP contribution in [-0.4, -0.2) is 51.5 Å². The lowest BCUT2D eigenvalue weighted by Crippen LogP contribution is -2.40. The fraction of sp³-hybridized carbons (Fsp3) is 0.269. The van der Waals surface area contributed by atoms with Gasteiger partial charge in [0, 0.05) is 31.1 Å². The summed E-state index contributed by atoms with van der Waals surface area (Å²) in [6.45, 7) is 1.86. The molecule has 33 heavy (non-hydrogen) atoms. The first-order chi connectivity index (χ1) is 16.1. The Hall–Kier alpha value is -3.00. The molecule has 6 nitrogen and oxygen atoms in total. The lowest BCUT2D eigenvalue weighted by Gasteiger charge is -2.26. The largest absolute Gasteiger partial charge is 0.379 e. The van der Waals surface area contributed by atoms with Gasteiger partial charge in [-0.15, -0.1) is 0 Å². The number of rotatable bonds is 8. The van der Waals surface area contributed by atoms with Crippen LogP contribution in [0.2, 0.25) is 0 Å². The van der Waals surface area contributed by atoms with Crippen LogP contribution >= 0.6 is 0 Å². The second-order valence-corrected chi connectivity index (χ2v) is 9.90. The molecule has 0 saturated carbocycles. The zero-order chi connectivity index (χ0) is 23.1. The molecule has 3 aromatic carbocycles. The van der Waals surface area contributed by atoms with E-state index < -0.39 is 10.0 Å². The molecule has 0 spiro atoms. The van der Waals surface area contributed by atoms with E-state index in [1.54, 1.807) is 12.1 Å². The van der Waals surface area contributed by atoms with E-state index in [1.165, 1.54) is 27.6 Å². The van der Waals surface area contributed by atoms with Crippen molar-refractivity contribution in [3.05, 3.63) is 102 Å². The number of hydrogen-bond donors (Lipinski definition) is 1. The SMILES string of the molecule is O=C(NCCC(c1ccccc1)c1ccccc1)c1cccc(S(=O)(=O)N2CCOCC2)c1. The van der Waals surface area contributed by atoms with Crippen LogP contribution in [0, 0.1) is 0 Å². The Morgan fingerprint density at radius 1 is 0.879 bits per heavy atom. The van der Waals surface area contributed by atoms with E-state index >= 15 is 0 Å². The average molecular weight is 465 g/mol. The minimum atomic E-state index is -3.65. The molecule has 1 fully saturated rings. The zero-order valence-corrected chi connectivity index (χ0v) is 19.2. The molecule has 1 aliphatic rings. The second kappa shape index (κ2) is 10.7. The smallest absolute Gasteiger partial charge is 0.251 e. The first-order valence-corrected chi connectivity index (χ1v) is 12.6. The molecule has 1 saturated heterocycles. The quantitative estimate of drug-likeness (QED) is 0.552. The van der Waals surface area contributed by atoms with Gasteiger partial charge in [0.25, 0.3) is 5.91 Å². The predicted octanol–water partition coefficient (Wildman–Crippen LogP) is 3.66. The number of nitrogens with zero attached hydrogens (tertiary/aromatic N) is 1. The first-order valence-electron chi connectivity index (χ1n) is 11.1. The summed E-state index contributed by atoms with van der Waals surface area (Å²) in [7, 11) is -3.65. The Kier molecular flexibility index (Phi) is 7.54. The van der Waals surface area contributed by atoms with Crippen molar-refractivity contribution in [3.8, 4) is 0 Å². The monoisotopic (exact) mass is 464 g/mol. The molecule has 0 unspecified atom stereocenters. The predicted molar refractivity (Wildman–Crippen MR) is 128 cm³/mol. The summed E-state index contributed by atoms with van der Waals surface area (Å²) in [5.74, 6) is -0.130. The molecule has 0 atom stereocenters. The lowest BCUT2D eigenvalue weighted by atomic mass is 9.88. The van der Waals surface area contributed by atoms with E-state index in [4.69, 9.17) is 4.74 Å². The van der Waals surface area contributed by atoms with Gasteiger partial charge in [0.1, 0.15) is 0 Å². The highest BCUT2D eigenvalue weighted by atomic mass is 32.2. The number of ether oxygens (including phenoxy) is 1. The van der Waals surface area contributed by atoms with Crippen molar-refractivity contribution >= 4 is 15.9 Å². The number of morpholine rings is 1. The van der Waals surface area contributed by atoms with Gasteiger partial charge in [0.2, 0.25) is 10.0 Å². The van der Waals surface area contributed by atoms with Crippen LogP contribution < -0.4 is 5.32 Å². The van der Waals surface area contributed by atoms with Gasteiger partial charge in [-0.25, -0.2) is 8.42 Å². The van der Waals surface area contributed by atoms with Gasteiger partial charge in [0.05, 0.1) is 18.1 Å². The second-order valence-electron chi connectivity index (χ2n) is 7.96. The fourth-order valence-corrected chi connectivity index (χ4v) is 5.52. The minimum absolute atomic E-state index is 0.128. The zero-order valence-electron chi connectivity index (χ0n) is 18.4. The highest BCUT2D eigenvalue weighted by Gasteiger charge is 2.27. The van der Waals surface area contributed by atoms with Gasteiger partial charge < -0.3 is 10.1 Å². The van der Waals surface area contributed by atoms with E-state index in [0.717, 1.165) is 6.42 Å². The van der Waals surface area contributed by atoms with Gasteiger partial charge in [-0.1, -0.05) is 66.7 Å². The standard InChI is InChI=1S/C26H28N2O4S/c29-26(23-12-7-13-24(20-23)33(30,31)28-16-18-32-19-17-28)27-15-14-25(21-8-3-1-4-9-21)22-10-5-2-6-11-22/h1-13,20,25H,14-19H2,(H,27,29). The molecule has 7 heteroatoms. The number of hydrogen-bond acceptors (Lipinski definition) is 4. The van der Waals surface area contributed by atoms with Crippen LogP contribution in [-0.2, 0) is 14.8 Å². The third kappa shape index (κ3) is 5.68. The van der Waals surface area contributed by atoms with Crippen molar-refractivity contribution in [1.29, 1.82) is 0 Å². The summed E-state index contributed by atoms with van der Waals surface area (Å²) in [6, 6.07) is 26.7. The molecular weight excluding hydrogens is 436 g/mol. The van der Waals surface area contributed by atoms with E-state index in [0.29, 0.717) is 38.4 Å². The molecular formula is C26H28N2O4S. The number of sulfonamides is 1. The molecule has 1 aliphatic heterocycles. The molecule has 4 rings (SSSR count). The normalized spacial score (nSPS) is 14.8. The van der Waals surface area contributed by atoms with Gasteiger partial charge in [-0.3, -0.25) is 4.79 Å². The highest BCUT2D eigenvalue weighted by molar-refractivity contribution is 7.89. The maximum atomic E-state index is 12.9. The maximum absolute atomic E-state index is 12.9. The minimum Gasteiger partial charge on any atom is -0.379 e. The van der Waals surface area contributed by atoms with E-state index in [1.807, 2.05) is 36.4 Å². The summed E-state index contributed by atoms with van der Waals surface area (Å²) in [4.78, 5) is 12.9. The summed E-state index contributed by atoms with van der Waals surface area (Å²) in [5.41, 5.74) is 2.72. The van der Waals surface area contributed by atoms with Gasteiger partial charge in [0.15, 0.2) is 0 Å². The molecule has 1 amide bonds. The number of benzene rings is 3. The number of carbonyl (C=O) groups is 1. The van der Waals surface area contributed by atoms with Crippen LogP contribution in [0.15, 0.2) is 89.8 Å². The summed E-state index contributed by atoms with van der Waals surface area (Å²) in [5, 5.41) is 2.96. The molecule has 1 N–H and O–H groups in total. The fourth-order valence-electron chi connectivity index (χ4n) is 4.06. The lowest BCUT2D eigenvalue weighted by molar-refractivity contribution is 0.0730. The van der Waals surface area contributed by atoms with Crippen molar-refractivity contribution in [2.24, 2.45) is 0 Å². The molecule has 0 radical (unpaired) electrons. The molecule has 0 bridgehead atoms. The van der Waals surface area contributed by atoms with Crippen molar-refractivity contribution in [1.82, 2.24) is 9.62 Å². The molecule has 3 aromatic rings. The third-order valence-corrected chi connectivity index (χ3v) is 7.72. The van der Waals surface area contributed by atoms with Crippen LogP contribution in [0.25, 0.3) is 0 Å². The number of amides is 1. The van der Waals surface area contributed by atoms with E-state index in [2.05, 4.69) is 29.6 Å². The number of nitrogens with one attached hydrogen (secondary N) is 1. The van der Waals surface area contributed by atoms with Crippen molar-refractivity contribution < 1.29 is 17.9 Å². The van der Waals surface area contributed by atoms with Crippen molar-refractivity contribution in [2.75, 3.05) is 32.8 Å². The van der Waals surface area contributed by atoms with Crippen molar-refractivity contribution in [2.45, 2.75) is 17.2 Å².